The maximum Gasteiger partial charge on any atom is 0.282 e. The van der Waals surface area contributed by atoms with Gasteiger partial charge < -0.3 is 15.2 Å². The highest BCUT2D eigenvalue weighted by molar-refractivity contribution is 7.86. The molecule has 1 amide bonds. The molecule has 0 saturated carbocycles. The van der Waals surface area contributed by atoms with Crippen molar-refractivity contribution in [3.8, 4) is 5.75 Å². The summed E-state index contributed by atoms with van der Waals surface area (Å²) in [6.07, 6.45) is 2.28. The van der Waals surface area contributed by atoms with Crippen molar-refractivity contribution in [3.05, 3.63) is 24.3 Å². The van der Waals surface area contributed by atoms with Gasteiger partial charge in [-0.15, -0.1) is 0 Å². The molecule has 30 heavy (non-hydrogen) atoms. The van der Waals surface area contributed by atoms with Crippen LogP contribution in [0.4, 0.5) is 5.69 Å². The molecule has 0 bridgehead atoms. The number of β-amino-alcohol motifs (C(OH)–C–C–N with tert-alkyl or cyclic N) is 1. The fraction of sp³-hybridized carbons (Fsp3) is 0.650. The molecule has 10 heteroatoms. The average molecular weight is 441 g/mol. The van der Waals surface area contributed by atoms with Crippen molar-refractivity contribution in [1.29, 1.82) is 0 Å². The minimum absolute atomic E-state index is 0.136. The van der Waals surface area contributed by atoms with Gasteiger partial charge in [0.25, 0.3) is 10.2 Å². The van der Waals surface area contributed by atoms with Gasteiger partial charge in [0.2, 0.25) is 5.91 Å². The number of hydrogen-bond donors (Lipinski definition) is 2. The molecule has 0 aliphatic carbocycles. The standard InChI is InChI=1S/C20H32N4O5S/c1-17(25)21-18-5-7-20(8-6-18)29-16-19(26)15-22-11-13-24(14-12-22)30(27,28)23-9-3-2-4-10-23/h5-8,19,26H,2-4,9-16H2,1H3,(H,21,25). The molecule has 3 rings (SSSR count). The molecule has 2 aliphatic heterocycles. The van der Waals surface area contributed by atoms with Crippen molar-refractivity contribution in [2.24, 2.45) is 0 Å². The van der Waals surface area contributed by atoms with Gasteiger partial charge in [0.05, 0.1) is 0 Å². The summed E-state index contributed by atoms with van der Waals surface area (Å²) in [5.74, 6) is 0.475. The number of anilines is 1. The molecule has 0 spiro atoms. The molecule has 1 atom stereocenters. The molecule has 1 unspecified atom stereocenters. The van der Waals surface area contributed by atoms with Gasteiger partial charge in [0.1, 0.15) is 18.5 Å². The number of aliphatic hydroxyl groups is 1. The zero-order valence-electron chi connectivity index (χ0n) is 17.5. The number of aliphatic hydroxyl groups excluding tert-OH is 1. The third kappa shape index (κ3) is 6.39. The molecular formula is C20H32N4O5S. The number of rotatable bonds is 8. The minimum atomic E-state index is -3.37. The second-order valence-electron chi connectivity index (χ2n) is 7.84. The summed E-state index contributed by atoms with van der Waals surface area (Å²) in [5, 5.41) is 13.0. The van der Waals surface area contributed by atoms with E-state index in [9.17, 15) is 18.3 Å². The van der Waals surface area contributed by atoms with Gasteiger partial charge in [0, 0.05) is 58.4 Å². The third-order valence-corrected chi connectivity index (χ3v) is 7.42. The largest absolute Gasteiger partial charge is 0.491 e. The lowest BCUT2D eigenvalue weighted by atomic mass is 10.2. The van der Waals surface area contributed by atoms with E-state index in [1.165, 1.54) is 6.92 Å². The molecular weight excluding hydrogens is 408 g/mol. The van der Waals surface area contributed by atoms with E-state index in [0.29, 0.717) is 57.3 Å². The zero-order valence-corrected chi connectivity index (χ0v) is 18.3. The van der Waals surface area contributed by atoms with Gasteiger partial charge in [-0.3, -0.25) is 9.69 Å². The Morgan fingerprint density at radius 1 is 1.03 bits per heavy atom. The topological polar surface area (TPSA) is 102 Å². The van der Waals surface area contributed by atoms with Crippen molar-refractivity contribution in [1.82, 2.24) is 13.5 Å². The first-order valence-corrected chi connectivity index (χ1v) is 11.9. The van der Waals surface area contributed by atoms with E-state index in [-0.39, 0.29) is 12.5 Å². The van der Waals surface area contributed by atoms with Gasteiger partial charge in [0.15, 0.2) is 0 Å². The molecule has 2 aliphatic rings. The monoisotopic (exact) mass is 440 g/mol. The van der Waals surface area contributed by atoms with Crippen molar-refractivity contribution >= 4 is 21.8 Å². The Hall–Kier alpha value is -1.72. The number of carbonyl (C=O) groups is 1. The van der Waals surface area contributed by atoms with Crippen LogP contribution in [-0.2, 0) is 15.0 Å². The van der Waals surface area contributed by atoms with Crippen molar-refractivity contribution in [3.63, 3.8) is 0 Å². The molecule has 1 aromatic rings. The third-order valence-electron chi connectivity index (χ3n) is 5.38. The number of carbonyl (C=O) groups excluding carboxylic acids is 1. The number of piperidine rings is 1. The maximum atomic E-state index is 12.8. The van der Waals surface area contributed by atoms with Crippen LogP contribution in [0.1, 0.15) is 26.2 Å². The van der Waals surface area contributed by atoms with Crippen LogP contribution in [0.2, 0.25) is 0 Å². The Kier molecular flexibility index (Phi) is 8.06. The second kappa shape index (κ2) is 10.5. The Morgan fingerprint density at radius 2 is 1.63 bits per heavy atom. The van der Waals surface area contributed by atoms with E-state index >= 15 is 0 Å². The number of nitrogens with one attached hydrogen (secondary N) is 1. The normalized spacial score (nSPS) is 20.6. The lowest BCUT2D eigenvalue weighted by Crippen LogP contribution is -2.54. The average Bonchev–Trinajstić information content (AvgIpc) is 2.74. The molecule has 0 radical (unpaired) electrons. The van der Waals surface area contributed by atoms with Crippen LogP contribution < -0.4 is 10.1 Å². The minimum Gasteiger partial charge on any atom is -0.491 e. The van der Waals surface area contributed by atoms with Crippen molar-refractivity contribution < 1.29 is 23.1 Å². The summed E-state index contributed by atoms with van der Waals surface area (Å²) < 4.78 is 34.3. The number of amides is 1. The van der Waals surface area contributed by atoms with Crippen LogP contribution in [0.15, 0.2) is 24.3 Å². The number of piperazine rings is 1. The first-order valence-electron chi connectivity index (χ1n) is 10.5. The van der Waals surface area contributed by atoms with Crippen LogP contribution >= 0.6 is 0 Å². The van der Waals surface area contributed by atoms with Crippen LogP contribution in [0.5, 0.6) is 5.75 Å². The molecule has 2 saturated heterocycles. The van der Waals surface area contributed by atoms with Gasteiger partial charge in [-0.2, -0.15) is 17.0 Å². The van der Waals surface area contributed by atoms with E-state index in [4.69, 9.17) is 4.74 Å². The molecule has 2 fully saturated rings. The highest BCUT2D eigenvalue weighted by Gasteiger charge is 2.33. The fourth-order valence-corrected chi connectivity index (χ4v) is 5.45. The van der Waals surface area contributed by atoms with Crippen molar-refractivity contribution in [2.45, 2.75) is 32.3 Å². The summed E-state index contributed by atoms with van der Waals surface area (Å²) in [4.78, 5) is 13.1. The highest BCUT2D eigenvalue weighted by Crippen LogP contribution is 2.19. The van der Waals surface area contributed by atoms with E-state index in [0.717, 1.165) is 19.3 Å². The number of ether oxygens (including phenoxy) is 1. The predicted molar refractivity (Wildman–Crippen MR) is 115 cm³/mol. The van der Waals surface area contributed by atoms with Crippen LogP contribution in [0.3, 0.4) is 0 Å². The van der Waals surface area contributed by atoms with Crippen molar-refractivity contribution in [2.75, 3.05) is 57.7 Å². The lowest BCUT2D eigenvalue weighted by Gasteiger charge is -2.38. The summed E-state index contributed by atoms with van der Waals surface area (Å²) in [5.41, 5.74) is 0.688. The van der Waals surface area contributed by atoms with E-state index in [1.54, 1.807) is 32.9 Å². The molecule has 2 N–H and O–H groups in total. The highest BCUT2D eigenvalue weighted by atomic mass is 32.2. The Morgan fingerprint density at radius 3 is 2.23 bits per heavy atom. The van der Waals surface area contributed by atoms with Crippen LogP contribution in [0.25, 0.3) is 0 Å². The number of nitrogens with zero attached hydrogens (tertiary/aromatic N) is 3. The van der Waals surface area contributed by atoms with Crippen LogP contribution in [-0.4, -0.2) is 91.5 Å². The molecule has 2 heterocycles. The fourth-order valence-electron chi connectivity index (χ4n) is 3.78. The summed E-state index contributed by atoms with van der Waals surface area (Å²) in [6.45, 7) is 5.32. The summed E-state index contributed by atoms with van der Waals surface area (Å²) >= 11 is 0. The molecule has 168 valence electrons. The lowest BCUT2D eigenvalue weighted by molar-refractivity contribution is -0.114. The van der Waals surface area contributed by atoms with E-state index in [2.05, 4.69) is 10.2 Å². The molecule has 1 aromatic carbocycles. The van der Waals surface area contributed by atoms with E-state index in [1.807, 2.05) is 0 Å². The molecule has 0 aromatic heterocycles. The predicted octanol–water partition coefficient (Wildman–Crippen LogP) is 0.733. The van der Waals surface area contributed by atoms with Gasteiger partial charge >= 0.3 is 0 Å². The first kappa shape index (κ1) is 23.0. The van der Waals surface area contributed by atoms with Gasteiger partial charge in [-0.1, -0.05) is 6.42 Å². The Bertz CT molecular complexity index is 788. The number of benzene rings is 1. The van der Waals surface area contributed by atoms with Crippen LogP contribution in [0, 0.1) is 0 Å². The SMILES string of the molecule is CC(=O)Nc1ccc(OCC(O)CN2CCN(S(=O)(=O)N3CCCCC3)CC2)cc1. The summed E-state index contributed by atoms with van der Waals surface area (Å²) in [6, 6.07) is 6.96. The van der Waals surface area contributed by atoms with E-state index < -0.39 is 16.3 Å². The first-order chi connectivity index (χ1) is 14.3. The summed E-state index contributed by atoms with van der Waals surface area (Å²) in [7, 11) is -3.37. The molecule has 9 nitrogen and oxygen atoms in total. The van der Waals surface area contributed by atoms with Gasteiger partial charge in [-0.25, -0.2) is 0 Å². The zero-order chi connectivity index (χ0) is 21.6. The Balaban J connectivity index is 1.39. The van der Waals surface area contributed by atoms with Gasteiger partial charge in [-0.05, 0) is 37.1 Å². The maximum absolute atomic E-state index is 12.8. The smallest absolute Gasteiger partial charge is 0.282 e. The number of hydrogen-bond acceptors (Lipinski definition) is 6. The quantitative estimate of drug-likeness (QED) is 0.618. The second-order valence-corrected chi connectivity index (χ2v) is 9.77. The Labute approximate surface area is 178 Å².